The fourth-order valence-corrected chi connectivity index (χ4v) is 4.29. The monoisotopic (exact) mass is 464 g/mol. The van der Waals surface area contributed by atoms with E-state index in [4.69, 9.17) is 16.3 Å². The van der Waals surface area contributed by atoms with Gasteiger partial charge < -0.3 is 10.1 Å². The minimum atomic E-state index is -3.95. The van der Waals surface area contributed by atoms with E-state index < -0.39 is 26.4 Å². The number of aryl methyl sites for hydroxylation is 1. The van der Waals surface area contributed by atoms with Gasteiger partial charge in [0.15, 0.2) is 0 Å². The van der Waals surface area contributed by atoms with Crippen molar-refractivity contribution in [1.82, 2.24) is 9.78 Å². The van der Waals surface area contributed by atoms with Gasteiger partial charge in [0.2, 0.25) is 15.5 Å². The van der Waals surface area contributed by atoms with Gasteiger partial charge in [0.05, 0.1) is 21.8 Å². The maximum atomic E-state index is 13.0. The number of ether oxygens (including phenoxy) is 1. The highest BCUT2D eigenvalue weighted by molar-refractivity contribution is 7.91. The van der Waals surface area contributed by atoms with Crippen LogP contribution in [0.3, 0.4) is 0 Å². The Morgan fingerprint density at radius 1 is 1.23 bits per heavy atom. The normalized spacial score (nSPS) is 11.2. The van der Waals surface area contributed by atoms with Gasteiger partial charge in [-0.15, -0.1) is 0 Å². The molecular formula is C19H17ClN4O6S. The van der Waals surface area contributed by atoms with Crippen LogP contribution in [0.4, 0.5) is 11.4 Å². The molecule has 1 heterocycles. The number of nitrogens with zero attached hydrogens (tertiary/aromatic N) is 3. The third-order valence-electron chi connectivity index (χ3n) is 4.34. The topological polar surface area (TPSA) is 133 Å². The zero-order valence-electron chi connectivity index (χ0n) is 16.4. The van der Waals surface area contributed by atoms with Crippen LogP contribution in [0.2, 0.25) is 5.02 Å². The van der Waals surface area contributed by atoms with Crippen LogP contribution >= 0.6 is 11.6 Å². The van der Waals surface area contributed by atoms with Crippen molar-refractivity contribution < 1.29 is 22.9 Å². The number of anilines is 1. The number of carbonyl (C=O) groups is 1. The fraction of sp³-hybridized carbons (Fsp3) is 0.158. The van der Waals surface area contributed by atoms with E-state index in [0.717, 1.165) is 6.20 Å². The lowest BCUT2D eigenvalue weighted by atomic mass is 10.2. The summed E-state index contributed by atoms with van der Waals surface area (Å²) in [7, 11) is -2.61. The number of amides is 1. The summed E-state index contributed by atoms with van der Waals surface area (Å²) in [5, 5.41) is 18.0. The Bertz CT molecular complexity index is 1250. The van der Waals surface area contributed by atoms with Gasteiger partial charge in [-0.05, 0) is 43.3 Å². The quantitative estimate of drug-likeness (QED) is 0.417. The summed E-state index contributed by atoms with van der Waals surface area (Å²) < 4.78 is 32.4. The summed E-state index contributed by atoms with van der Waals surface area (Å²) in [6.45, 7) is 1.90. The summed E-state index contributed by atoms with van der Waals surface area (Å²) in [5.41, 5.74) is -0.635. The average Bonchev–Trinajstić information content (AvgIpc) is 3.18. The van der Waals surface area contributed by atoms with Crippen molar-refractivity contribution >= 4 is 38.7 Å². The largest absolute Gasteiger partial charge is 0.497 e. The number of aromatic nitrogens is 2. The minimum Gasteiger partial charge on any atom is -0.497 e. The molecule has 3 aromatic rings. The molecule has 0 spiro atoms. The highest BCUT2D eigenvalue weighted by Gasteiger charge is 2.27. The Balaban J connectivity index is 2.02. The molecule has 10 nitrogen and oxygen atoms in total. The molecule has 2 aromatic carbocycles. The van der Waals surface area contributed by atoms with Gasteiger partial charge in [0, 0.05) is 23.3 Å². The molecule has 0 saturated heterocycles. The van der Waals surface area contributed by atoms with Gasteiger partial charge >= 0.3 is 5.69 Å². The van der Waals surface area contributed by atoms with E-state index in [1.807, 2.05) is 0 Å². The van der Waals surface area contributed by atoms with E-state index in [-0.39, 0.29) is 33.5 Å². The first kappa shape index (κ1) is 22.2. The first-order chi connectivity index (χ1) is 14.7. The number of halogens is 1. The number of sulfone groups is 1. The summed E-state index contributed by atoms with van der Waals surface area (Å²) in [6, 6.07) is 9.56. The van der Waals surface area contributed by atoms with Gasteiger partial charge in [-0.25, -0.2) is 8.42 Å². The van der Waals surface area contributed by atoms with Crippen LogP contribution in [0.15, 0.2) is 58.5 Å². The number of nitro groups is 1. The van der Waals surface area contributed by atoms with E-state index in [2.05, 4.69) is 10.4 Å². The highest BCUT2D eigenvalue weighted by atomic mass is 35.5. The third kappa shape index (κ3) is 4.52. The number of nitrogens with one attached hydrogen (secondary N) is 1. The van der Waals surface area contributed by atoms with Crippen molar-refractivity contribution in [2.75, 3.05) is 12.4 Å². The number of rotatable bonds is 7. The Morgan fingerprint density at radius 3 is 2.48 bits per heavy atom. The number of benzene rings is 2. The summed E-state index contributed by atoms with van der Waals surface area (Å²) in [6.07, 6.45) is 0.987. The molecule has 0 saturated carbocycles. The maximum absolute atomic E-state index is 13.0. The molecule has 0 aliphatic carbocycles. The molecule has 12 heteroatoms. The van der Waals surface area contributed by atoms with Crippen molar-refractivity contribution in [3.05, 3.63) is 69.5 Å². The van der Waals surface area contributed by atoms with Crippen LogP contribution in [-0.2, 0) is 16.4 Å². The van der Waals surface area contributed by atoms with Crippen LogP contribution in [0, 0.1) is 10.1 Å². The molecule has 0 unspecified atom stereocenters. The minimum absolute atomic E-state index is 0.00197. The Morgan fingerprint density at radius 2 is 1.90 bits per heavy atom. The third-order valence-corrected chi connectivity index (χ3v) is 6.34. The van der Waals surface area contributed by atoms with E-state index in [9.17, 15) is 23.3 Å². The Kier molecular flexibility index (Phi) is 6.27. The Labute approximate surface area is 182 Å². The molecule has 0 fully saturated rings. The van der Waals surface area contributed by atoms with Crippen molar-refractivity contribution in [2.45, 2.75) is 23.3 Å². The SMILES string of the molecule is CCn1ncc([N+](=O)[O-])c1C(=O)Nc1cc(OC)cc(S(=O)(=O)c2ccc(Cl)cc2)c1. The van der Waals surface area contributed by atoms with Crippen LogP contribution < -0.4 is 10.1 Å². The zero-order chi connectivity index (χ0) is 22.8. The van der Waals surface area contributed by atoms with Crippen molar-refractivity contribution in [3.8, 4) is 5.75 Å². The lowest BCUT2D eigenvalue weighted by molar-refractivity contribution is -0.385. The second kappa shape index (κ2) is 8.74. The summed E-state index contributed by atoms with van der Waals surface area (Å²) in [4.78, 5) is 23.2. The van der Waals surface area contributed by atoms with Crippen molar-refractivity contribution in [3.63, 3.8) is 0 Å². The number of hydrogen-bond acceptors (Lipinski definition) is 7. The average molecular weight is 465 g/mol. The predicted molar refractivity (Wildman–Crippen MR) is 112 cm³/mol. The van der Waals surface area contributed by atoms with E-state index >= 15 is 0 Å². The molecule has 162 valence electrons. The lowest BCUT2D eigenvalue weighted by Gasteiger charge is -2.12. The Hall–Kier alpha value is -3.44. The van der Waals surface area contributed by atoms with Crippen molar-refractivity contribution in [2.24, 2.45) is 0 Å². The van der Waals surface area contributed by atoms with Crippen LogP contribution in [-0.4, -0.2) is 36.1 Å². The molecule has 1 aromatic heterocycles. The van der Waals surface area contributed by atoms with E-state index in [0.29, 0.717) is 5.02 Å². The van der Waals surface area contributed by atoms with E-state index in [1.165, 1.54) is 54.3 Å². The molecule has 0 aliphatic heterocycles. The molecule has 0 atom stereocenters. The highest BCUT2D eigenvalue weighted by Crippen LogP contribution is 2.30. The van der Waals surface area contributed by atoms with E-state index in [1.54, 1.807) is 6.92 Å². The molecular weight excluding hydrogens is 448 g/mol. The maximum Gasteiger partial charge on any atom is 0.320 e. The number of hydrogen-bond donors (Lipinski definition) is 1. The van der Waals surface area contributed by atoms with Gasteiger partial charge in [-0.3, -0.25) is 19.6 Å². The molecule has 31 heavy (non-hydrogen) atoms. The zero-order valence-corrected chi connectivity index (χ0v) is 18.0. The summed E-state index contributed by atoms with van der Waals surface area (Å²) >= 11 is 5.83. The second-order valence-electron chi connectivity index (χ2n) is 6.26. The van der Waals surface area contributed by atoms with Crippen LogP contribution in [0.5, 0.6) is 5.75 Å². The smallest absolute Gasteiger partial charge is 0.320 e. The lowest BCUT2D eigenvalue weighted by Crippen LogP contribution is -2.19. The van der Waals surface area contributed by atoms with Gasteiger partial charge in [0.25, 0.3) is 5.91 Å². The van der Waals surface area contributed by atoms with Crippen LogP contribution in [0.25, 0.3) is 0 Å². The molecule has 0 radical (unpaired) electrons. The molecule has 0 bridgehead atoms. The van der Waals surface area contributed by atoms with Gasteiger partial charge in [-0.1, -0.05) is 11.6 Å². The standard InChI is InChI=1S/C19H17ClN4O6S/c1-3-23-18(17(11-21-23)24(26)27)19(25)22-13-8-14(30-2)10-16(9-13)31(28,29)15-6-4-12(20)5-7-15/h4-11H,3H2,1-2H3,(H,22,25). The first-order valence-electron chi connectivity index (χ1n) is 8.88. The first-order valence-corrected chi connectivity index (χ1v) is 10.7. The summed E-state index contributed by atoms with van der Waals surface area (Å²) in [5.74, 6) is -0.641. The van der Waals surface area contributed by atoms with Gasteiger partial charge in [-0.2, -0.15) is 5.10 Å². The van der Waals surface area contributed by atoms with Crippen LogP contribution in [0.1, 0.15) is 17.4 Å². The molecule has 1 N–H and O–H groups in total. The molecule has 0 aliphatic rings. The number of methoxy groups -OCH3 is 1. The van der Waals surface area contributed by atoms with Crippen molar-refractivity contribution in [1.29, 1.82) is 0 Å². The number of carbonyl (C=O) groups excluding carboxylic acids is 1. The molecule has 1 amide bonds. The van der Waals surface area contributed by atoms with Gasteiger partial charge in [0.1, 0.15) is 11.9 Å². The predicted octanol–water partition coefficient (Wildman–Crippen LogP) is 3.56. The fourth-order valence-electron chi connectivity index (χ4n) is 2.84. The second-order valence-corrected chi connectivity index (χ2v) is 8.65. The molecule has 3 rings (SSSR count).